The number of hydrogen-bond donors (Lipinski definition) is 0. The van der Waals surface area contributed by atoms with E-state index in [1.165, 1.54) is 16.2 Å². The van der Waals surface area contributed by atoms with Crippen LogP contribution in [0.2, 0.25) is 0 Å². The molecule has 0 aliphatic carbocycles. The van der Waals surface area contributed by atoms with Gasteiger partial charge >= 0.3 is 0 Å². The lowest BCUT2D eigenvalue weighted by atomic mass is 10.3. The fraction of sp³-hybridized carbons (Fsp3) is 0.250. The molecule has 0 bridgehead atoms. The van der Waals surface area contributed by atoms with Crippen molar-refractivity contribution in [1.82, 2.24) is 20.1 Å². The Bertz CT molecular complexity index is 479. The fourth-order valence-corrected chi connectivity index (χ4v) is 1.71. The van der Waals surface area contributed by atoms with Crippen LogP contribution in [-0.2, 0) is 0 Å². The highest BCUT2D eigenvalue weighted by molar-refractivity contribution is 7.16. The minimum absolute atomic E-state index is 0.172. The lowest BCUT2D eigenvalue weighted by Crippen LogP contribution is -2.23. The number of thiazole rings is 1. The van der Waals surface area contributed by atoms with E-state index in [1.807, 2.05) is 0 Å². The van der Waals surface area contributed by atoms with Crippen LogP contribution in [0.4, 0.5) is 0 Å². The van der Waals surface area contributed by atoms with Crippen LogP contribution in [0.1, 0.15) is 10.5 Å². The average molecular weight is 208 g/mol. The summed E-state index contributed by atoms with van der Waals surface area (Å²) in [6.07, 6.45) is 1.61. The topological polar surface area (TPSA) is 59.0 Å². The van der Waals surface area contributed by atoms with E-state index in [4.69, 9.17) is 0 Å². The van der Waals surface area contributed by atoms with E-state index in [0.717, 1.165) is 4.70 Å². The minimum atomic E-state index is -0.172. The van der Waals surface area contributed by atoms with E-state index in [9.17, 15) is 4.79 Å². The molecule has 72 valence electrons. The predicted octanol–water partition coefficient (Wildman–Crippen LogP) is 0.788. The van der Waals surface area contributed by atoms with Gasteiger partial charge in [0.05, 0.1) is 16.4 Å². The molecule has 5 nitrogen and oxygen atoms in total. The summed E-state index contributed by atoms with van der Waals surface area (Å²) in [5.74, 6) is -0.172. The molecule has 2 rings (SSSR count). The van der Waals surface area contributed by atoms with Crippen molar-refractivity contribution in [2.75, 3.05) is 14.1 Å². The van der Waals surface area contributed by atoms with E-state index in [0.29, 0.717) is 11.2 Å². The van der Waals surface area contributed by atoms with Crippen molar-refractivity contribution in [3.05, 3.63) is 17.4 Å². The van der Waals surface area contributed by atoms with Crippen LogP contribution in [0.15, 0.2) is 11.7 Å². The molecule has 0 spiro atoms. The summed E-state index contributed by atoms with van der Waals surface area (Å²) >= 11 is 1.45. The van der Waals surface area contributed by atoms with Crippen molar-refractivity contribution in [2.45, 2.75) is 0 Å². The molecule has 0 fully saturated rings. The molecule has 0 N–H and O–H groups in total. The maximum Gasteiger partial charge on any atom is 0.276 e. The molecule has 0 saturated heterocycles. The molecular weight excluding hydrogens is 200 g/mol. The van der Waals surface area contributed by atoms with Gasteiger partial charge in [0.25, 0.3) is 5.91 Å². The molecule has 2 heterocycles. The summed E-state index contributed by atoms with van der Waals surface area (Å²) < 4.78 is 0.880. The second-order valence-electron chi connectivity index (χ2n) is 2.96. The van der Waals surface area contributed by atoms with Crippen molar-refractivity contribution in [2.24, 2.45) is 0 Å². The molecular formula is C8H8N4OS. The van der Waals surface area contributed by atoms with Gasteiger partial charge in [-0.3, -0.25) is 4.79 Å². The van der Waals surface area contributed by atoms with E-state index < -0.39 is 0 Å². The number of fused-ring (bicyclic) bond motifs is 1. The molecule has 14 heavy (non-hydrogen) atoms. The number of aromatic nitrogens is 3. The zero-order valence-electron chi connectivity index (χ0n) is 7.76. The molecule has 0 unspecified atom stereocenters. The maximum atomic E-state index is 11.6. The van der Waals surface area contributed by atoms with Gasteiger partial charge in [0.15, 0.2) is 5.69 Å². The molecule has 0 aliphatic heterocycles. The molecule has 0 radical (unpaired) electrons. The lowest BCUT2D eigenvalue weighted by molar-refractivity contribution is 0.0823. The van der Waals surface area contributed by atoms with Crippen LogP contribution in [0, 0.1) is 0 Å². The zero-order chi connectivity index (χ0) is 10.1. The van der Waals surface area contributed by atoms with Crippen molar-refractivity contribution in [1.29, 1.82) is 0 Å². The van der Waals surface area contributed by atoms with Crippen molar-refractivity contribution in [3.8, 4) is 0 Å². The van der Waals surface area contributed by atoms with E-state index in [-0.39, 0.29) is 5.91 Å². The summed E-state index contributed by atoms with van der Waals surface area (Å²) in [6, 6.07) is 0. The number of amides is 1. The molecule has 0 aliphatic rings. The molecule has 1 amide bonds. The first-order valence-corrected chi connectivity index (χ1v) is 4.84. The Labute approximate surface area is 84.4 Å². The molecule has 0 saturated carbocycles. The van der Waals surface area contributed by atoms with Gasteiger partial charge in [-0.1, -0.05) is 0 Å². The largest absolute Gasteiger partial charge is 0.343 e. The highest BCUT2D eigenvalue weighted by Crippen LogP contribution is 2.18. The highest BCUT2D eigenvalue weighted by atomic mass is 32.1. The van der Waals surface area contributed by atoms with Gasteiger partial charge in [-0.05, 0) is 0 Å². The molecule has 2 aromatic heterocycles. The summed E-state index contributed by atoms with van der Waals surface area (Å²) in [5, 5.41) is 7.56. The van der Waals surface area contributed by atoms with Crippen LogP contribution in [0.25, 0.3) is 10.2 Å². The van der Waals surface area contributed by atoms with Gasteiger partial charge < -0.3 is 4.90 Å². The van der Waals surface area contributed by atoms with Gasteiger partial charge in [0, 0.05) is 14.1 Å². The van der Waals surface area contributed by atoms with E-state index in [1.54, 1.807) is 25.8 Å². The molecule has 0 aromatic carbocycles. The van der Waals surface area contributed by atoms with Crippen LogP contribution in [-0.4, -0.2) is 40.1 Å². The SMILES string of the molecule is CN(C)C(=O)c1nncc2scnc12. The highest BCUT2D eigenvalue weighted by Gasteiger charge is 2.15. The second kappa shape index (κ2) is 3.30. The van der Waals surface area contributed by atoms with Gasteiger partial charge in [-0.15, -0.1) is 16.4 Å². The monoisotopic (exact) mass is 208 g/mol. The Morgan fingerprint density at radius 1 is 1.50 bits per heavy atom. The summed E-state index contributed by atoms with van der Waals surface area (Å²) in [5.41, 5.74) is 2.62. The van der Waals surface area contributed by atoms with Crippen LogP contribution >= 0.6 is 11.3 Å². The van der Waals surface area contributed by atoms with Gasteiger partial charge in [0.1, 0.15) is 5.52 Å². The Balaban J connectivity index is 2.62. The van der Waals surface area contributed by atoms with Gasteiger partial charge in [-0.2, -0.15) is 5.10 Å². The lowest BCUT2D eigenvalue weighted by Gasteiger charge is -2.08. The molecule has 2 aromatic rings. The first kappa shape index (κ1) is 9.01. The normalized spacial score (nSPS) is 10.4. The van der Waals surface area contributed by atoms with E-state index in [2.05, 4.69) is 15.2 Å². The average Bonchev–Trinajstić information content (AvgIpc) is 2.63. The smallest absolute Gasteiger partial charge is 0.276 e. The number of carbonyl (C=O) groups is 1. The maximum absolute atomic E-state index is 11.6. The predicted molar refractivity (Wildman–Crippen MR) is 53.2 cm³/mol. The molecule has 6 heteroatoms. The zero-order valence-corrected chi connectivity index (χ0v) is 8.58. The summed E-state index contributed by atoms with van der Waals surface area (Å²) in [4.78, 5) is 17.2. The number of hydrogen-bond acceptors (Lipinski definition) is 5. The van der Waals surface area contributed by atoms with Crippen LogP contribution < -0.4 is 0 Å². The van der Waals surface area contributed by atoms with Crippen LogP contribution in [0.5, 0.6) is 0 Å². The number of carbonyl (C=O) groups excluding carboxylic acids is 1. The Kier molecular flexibility index (Phi) is 2.12. The van der Waals surface area contributed by atoms with Crippen molar-refractivity contribution in [3.63, 3.8) is 0 Å². The van der Waals surface area contributed by atoms with Gasteiger partial charge in [0.2, 0.25) is 0 Å². The number of nitrogens with zero attached hydrogens (tertiary/aromatic N) is 4. The van der Waals surface area contributed by atoms with Crippen molar-refractivity contribution >= 4 is 27.5 Å². The van der Waals surface area contributed by atoms with Crippen LogP contribution in [0.3, 0.4) is 0 Å². The fourth-order valence-electron chi connectivity index (χ4n) is 1.07. The molecule has 0 atom stereocenters. The van der Waals surface area contributed by atoms with Gasteiger partial charge in [-0.25, -0.2) is 4.98 Å². The minimum Gasteiger partial charge on any atom is -0.343 e. The second-order valence-corrected chi connectivity index (χ2v) is 3.84. The third-order valence-electron chi connectivity index (χ3n) is 1.76. The first-order chi connectivity index (χ1) is 6.70. The third-order valence-corrected chi connectivity index (χ3v) is 2.52. The summed E-state index contributed by atoms with van der Waals surface area (Å²) in [7, 11) is 3.35. The standard InChI is InChI=1S/C8H8N4OS/c1-12(2)8(13)7-6-5(3-10-11-7)14-4-9-6/h3-4H,1-2H3. The third kappa shape index (κ3) is 1.33. The quantitative estimate of drug-likeness (QED) is 0.695. The Morgan fingerprint density at radius 3 is 3.00 bits per heavy atom. The van der Waals surface area contributed by atoms with E-state index >= 15 is 0 Å². The Hall–Kier alpha value is -1.56. The van der Waals surface area contributed by atoms with Crippen molar-refractivity contribution < 1.29 is 4.79 Å². The Morgan fingerprint density at radius 2 is 2.29 bits per heavy atom. The first-order valence-electron chi connectivity index (χ1n) is 3.96. The number of rotatable bonds is 1. The summed E-state index contributed by atoms with van der Waals surface area (Å²) in [6.45, 7) is 0.